The predicted molar refractivity (Wildman–Crippen MR) is 100 cm³/mol. The first-order valence-corrected chi connectivity index (χ1v) is 8.97. The molecule has 0 radical (unpaired) electrons. The Morgan fingerprint density at radius 2 is 2.09 bits per heavy atom. The molecular weight excluding hydrogens is 264 g/mol. The lowest BCUT2D eigenvalue weighted by molar-refractivity contribution is 0.517. The summed E-state index contributed by atoms with van der Waals surface area (Å²) in [4.78, 5) is 0. The van der Waals surface area contributed by atoms with Gasteiger partial charge in [0, 0.05) is 0 Å². The van der Waals surface area contributed by atoms with E-state index >= 15 is 0 Å². The highest BCUT2D eigenvalue weighted by Crippen LogP contribution is 2.36. The third-order valence-corrected chi connectivity index (χ3v) is 5.07. The van der Waals surface area contributed by atoms with Crippen LogP contribution in [0.5, 0.6) is 0 Å². The summed E-state index contributed by atoms with van der Waals surface area (Å²) in [6.45, 7) is 15.6. The smallest absolute Gasteiger partial charge is 0.0128 e. The molecule has 120 valence electrons. The van der Waals surface area contributed by atoms with Crippen LogP contribution >= 0.6 is 0 Å². The van der Waals surface area contributed by atoms with Gasteiger partial charge in [-0.3, -0.25) is 0 Å². The van der Waals surface area contributed by atoms with Crippen molar-refractivity contribution in [3.8, 4) is 0 Å². The van der Waals surface area contributed by atoms with Crippen molar-refractivity contribution in [2.24, 2.45) is 11.8 Å². The molecule has 2 unspecified atom stereocenters. The molecule has 2 atom stereocenters. The summed E-state index contributed by atoms with van der Waals surface area (Å²) in [6, 6.07) is 2.45. The van der Waals surface area contributed by atoms with Crippen LogP contribution < -0.4 is 0 Å². The summed E-state index contributed by atoms with van der Waals surface area (Å²) >= 11 is 0. The van der Waals surface area contributed by atoms with Gasteiger partial charge in [-0.15, -0.1) is 0 Å². The SMILES string of the molecule is C=C(C)c1c(C)cc(CC(C)CCC)c2c1C=CC(CC)C2. The van der Waals surface area contributed by atoms with Crippen LogP contribution in [0.2, 0.25) is 0 Å². The summed E-state index contributed by atoms with van der Waals surface area (Å²) in [5.41, 5.74) is 8.61. The minimum atomic E-state index is 0.702. The molecule has 0 bridgehead atoms. The lowest BCUT2D eigenvalue weighted by Crippen LogP contribution is -2.13. The molecule has 0 aliphatic heterocycles. The molecule has 1 aliphatic carbocycles. The van der Waals surface area contributed by atoms with Gasteiger partial charge in [0.25, 0.3) is 0 Å². The average Bonchev–Trinajstić information content (AvgIpc) is 2.46. The Morgan fingerprint density at radius 1 is 1.36 bits per heavy atom. The van der Waals surface area contributed by atoms with Crippen LogP contribution in [0.1, 0.15) is 74.8 Å². The van der Waals surface area contributed by atoms with Gasteiger partial charge in [0.2, 0.25) is 0 Å². The Labute approximate surface area is 137 Å². The van der Waals surface area contributed by atoms with E-state index in [0.717, 1.165) is 5.92 Å². The van der Waals surface area contributed by atoms with Gasteiger partial charge in [-0.1, -0.05) is 64.0 Å². The van der Waals surface area contributed by atoms with Gasteiger partial charge in [0.05, 0.1) is 0 Å². The molecule has 0 amide bonds. The summed E-state index contributed by atoms with van der Waals surface area (Å²) in [5, 5.41) is 0. The van der Waals surface area contributed by atoms with E-state index in [-0.39, 0.29) is 0 Å². The summed E-state index contributed by atoms with van der Waals surface area (Å²) in [5.74, 6) is 1.48. The highest BCUT2D eigenvalue weighted by molar-refractivity contribution is 5.78. The topological polar surface area (TPSA) is 0 Å². The normalized spacial score (nSPS) is 18.1. The molecule has 1 aromatic rings. The molecule has 0 saturated heterocycles. The van der Waals surface area contributed by atoms with Gasteiger partial charge in [-0.2, -0.15) is 0 Å². The average molecular weight is 296 g/mol. The Kier molecular flexibility index (Phi) is 5.67. The number of hydrogen-bond acceptors (Lipinski definition) is 0. The van der Waals surface area contributed by atoms with Crippen LogP contribution in [0.15, 0.2) is 18.7 Å². The van der Waals surface area contributed by atoms with Crippen LogP contribution in [0, 0.1) is 18.8 Å². The van der Waals surface area contributed by atoms with Crippen molar-refractivity contribution in [1.82, 2.24) is 0 Å². The summed E-state index contributed by atoms with van der Waals surface area (Å²) in [6.07, 6.45) is 11.0. The zero-order valence-electron chi connectivity index (χ0n) is 15.1. The molecule has 0 heteroatoms. The molecule has 0 saturated carbocycles. The number of allylic oxidation sites excluding steroid dienone is 2. The van der Waals surface area contributed by atoms with E-state index < -0.39 is 0 Å². The Bertz CT molecular complexity index is 574. The zero-order valence-corrected chi connectivity index (χ0v) is 15.1. The lowest BCUT2D eigenvalue weighted by Gasteiger charge is -2.26. The van der Waals surface area contributed by atoms with Crippen molar-refractivity contribution in [2.75, 3.05) is 0 Å². The van der Waals surface area contributed by atoms with E-state index in [2.05, 4.69) is 59.4 Å². The van der Waals surface area contributed by atoms with Gasteiger partial charge in [0.1, 0.15) is 0 Å². The fourth-order valence-electron chi connectivity index (χ4n) is 3.94. The summed E-state index contributed by atoms with van der Waals surface area (Å²) < 4.78 is 0. The Balaban J connectivity index is 2.50. The highest BCUT2D eigenvalue weighted by atomic mass is 14.3. The number of benzene rings is 1. The number of hydrogen-bond donors (Lipinski definition) is 0. The molecule has 0 nitrogen and oxygen atoms in total. The quantitative estimate of drug-likeness (QED) is 0.554. The molecule has 0 N–H and O–H groups in total. The predicted octanol–water partition coefficient (Wildman–Crippen LogP) is 6.60. The van der Waals surface area contributed by atoms with Crippen molar-refractivity contribution in [3.05, 3.63) is 46.5 Å². The van der Waals surface area contributed by atoms with Crippen LogP contribution in [0.3, 0.4) is 0 Å². The first-order chi connectivity index (χ1) is 10.5. The van der Waals surface area contributed by atoms with Gasteiger partial charge in [-0.25, -0.2) is 0 Å². The van der Waals surface area contributed by atoms with E-state index in [0.29, 0.717) is 5.92 Å². The minimum Gasteiger partial charge on any atom is -0.0955 e. The van der Waals surface area contributed by atoms with Gasteiger partial charge >= 0.3 is 0 Å². The van der Waals surface area contributed by atoms with Gasteiger partial charge < -0.3 is 0 Å². The zero-order chi connectivity index (χ0) is 16.3. The molecule has 0 aromatic heterocycles. The maximum Gasteiger partial charge on any atom is -0.0128 e. The van der Waals surface area contributed by atoms with E-state index in [1.54, 1.807) is 11.1 Å². The Hall–Kier alpha value is -1.30. The van der Waals surface area contributed by atoms with Crippen molar-refractivity contribution in [3.63, 3.8) is 0 Å². The second kappa shape index (κ2) is 7.31. The van der Waals surface area contributed by atoms with E-state index in [4.69, 9.17) is 0 Å². The fraction of sp³-hybridized carbons (Fsp3) is 0.545. The second-order valence-corrected chi connectivity index (χ2v) is 7.23. The standard InChI is InChI=1S/C22H32/c1-7-9-16(5)12-19-13-17(6)22(15(3)4)20-11-10-18(8-2)14-21(19)20/h10-11,13,16,18H,3,7-9,12,14H2,1-2,4-6H3. The number of aryl methyl sites for hydroxylation is 1. The highest BCUT2D eigenvalue weighted by Gasteiger charge is 2.21. The molecular formula is C22H32. The first kappa shape index (κ1) is 17.1. The van der Waals surface area contributed by atoms with Crippen LogP contribution in [-0.2, 0) is 12.8 Å². The Morgan fingerprint density at radius 3 is 2.68 bits per heavy atom. The molecule has 0 heterocycles. The number of fused-ring (bicyclic) bond motifs is 1. The largest absolute Gasteiger partial charge is 0.0955 e. The molecule has 2 rings (SSSR count). The monoisotopic (exact) mass is 296 g/mol. The molecule has 22 heavy (non-hydrogen) atoms. The maximum absolute atomic E-state index is 4.22. The van der Waals surface area contributed by atoms with E-state index in [9.17, 15) is 0 Å². The molecule has 1 aromatic carbocycles. The summed E-state index contributed by atoms with van der Waals surface area (Å²) in [7, 11) is 0. The third kappa shape index (κ3) is 3.54. The first-order valence-electron chi connectivity index (χ1n) is 8.97. The third-order valence-electron chi connectivity index (χ3n) is 5.07. The molecule has 1 aliphatic rings. The lowest BCUT2D eigenvalue weighted by atomic mass is 9.78. The minimum absolute atomic E-state index is 0.702. The van der Waals surface area contributed by atoms with Crippen molar-refractivity contribution >= 4 is 11.6 Å². The number of rotatable bonds is 6. The van der Waals surface area contributed by atoms with Crippen molar-refractivity contribution in [1.29, 1.82) is 0 Å². The van der Waals surface area contributed by atoms with Gasteiger partial charge in [0.15, 0.2) is 0 Å². The van der Waals surface area contributed by atoms with Gasteiger partial charge in [-0.05, 0) is 72.8 Å². The van der Waals surface area contributed by atoms with Crippen LogP contribution in [0.4, 0.5) is 0 Å². The van der Waals surface area contributed by atoms with Crippen molar-refractivity contribution in [2.45, 2.75) is 66.7 Å². The maximum atomic E-state index is 4.22. The van der Waals surface area contributed by atoms with Crippen LogP contribution in [0.25, 0.3) is 11.6 Å². The fourth-order valence-corrected chi connectivity index (χ4v) is 3.94. The van der Waals surface area contributed by atoms with Crippen LogP contribution in [-0.4, -0.2) is 0 Å². The van der Waals surface area contributed by atoms with Crippen molar-refractivity contribution < 1.29 is 0 Å². The molecule has 0 spiro atoms. The van der Waals surface area contributed by atoms with E-state index in [1.807, 2.05) is 0 Å². The van der Waals surface area contributed by atoms with E-state index in [1.165, 1.54) is 54.4 Å². The molecule has 0 fully saturated rings. The second-order valence-electron chi connectivity index (χ2n) is 7.23.